The average molecular weight is 350 g/mol. The summed E-state index contributed by atoms with van der Waals surface area (Å²) in [5.41, 5.74) is 0. The van der Waals surface area contributed by atoms with E-state index in [2.05, 4.69) is 36.8 Å². The summed E-state index contributed by atoms with van der Waals surface area (Å²) in [5, 5.41) is 2.11. The molecule has 0 radical (unpaired) electrons. The van der Waals surface area contributed by atoms with E-state index in [4.69, 9.17) is 0 Å². The van der Waals surface area contributed by atoms with Crippen LogP contribution in [0.2, 0.25) is 0 Å². The number of thioether (sulfide) groups is 1. The van der Waals surface area contributed by atoms with Crippen molar-refractivity contribution >= 4 is 39.2 Å². The van der Waals surface area contributed by atoms with E-state index in [9.17, 15) is 4.79 Å². The zero-order valence-electron chi connectivity index (χ0n) is 13.9. The van der Waals surface area contributed by atoms with Crippen molar-refractivity contribution in [2.45, 2.75) is 38.6 Å². The Hall–Kier alpha value is -1.14. The third-order valence-electron chi connectivity index (χ3n) is 4.19. The Labute approximate surface area is 145 Å². The second-order valence-corrected chi connectivity index (χ2v) is 8.92. The number of aryl methyl sites for hydroxylation is 1. The van der Waals surface area contributed by atoms with Gasteiger partial charge in [-0.15, -0.1) is 23.1 Å². The highest BCUT2D eigenvalue weighted by Crippen LogP contribution is 2.30. The van der Waals surface area contributed by atoms with Crippen LogP contribution < -0.4 is 0 Å². The maximum atomic E-state index is 12.4. The van der Waals surface area contributed by atoms with Crippen molar-refractivity contribution in [3.8, 4) is 0 Å². The molecule has 1 amide bonds. The maximum absolute atomic E-state index is 12.4. The predicted molar refractivity (Wildman–Crippen MR) is 97.0 cm³/mol. The van der Waals surface area contributed by atoms with Gasteiger partial charge in [-0.2, -0.15) is 0 Å². The van der Waals surface area contributed by atoms with E-state index in [-0.39, 0.29) is 5.91 Å². The molecule has 0 bridgehead atoms. The first kappa shape index (κ1) is 16.7. The van der Waals surface area contributed by atoms with Crippen molar-refractivity contribution in [2.24, 2.45) is 11.8 Å². The molecule has 2 atom stereocenters. The van der Waals surface area contributed by atoms with Gasteiger partial charge < -0.3 is 4.90 Å². The van der Waals surface area contributed by atoms with Gasteiger partial charge in [0.05, 0.1) is 0 Å². The van der Waals surface area contributed by atoms with E-state index < -0.39 is 0 Å². The molecule has 1 aliphatic heterocycles. The Morgan fingerprint density at radius 1 is 1.35 bits per heavy atom. The van der Waals surface area contributed by atoms with Crippen LogP contribution in [0.15, 0.2) is 17.4 Å². The molecule has 0 aliphatic carbocycles. The minimum Gasteiger partial charge on any atom is -0.342 e. The Kier molecular flexibility index (Phi) is 5.21. The first-order valence-electron chi connectivity index (χ1n) is 8.14. The van der Waals surface area contributed by atoms with Crippen LogP contribution in [-0.4, -0.2) is 39.6 Å². The van der Waals surface area contributed by atoms with Gasteiger partial charge in [-0.3, -0.25) is 4.79 Å². The SMILES string of the molecule is Cc1cc2c(SCCC(=O)N3CC(C)CC(C)C3)ncnc2s1. The van der Waals surface area contributed by atoms with Gasteiger partial charge in [-0.05, 0) is 31.2 Å². The van der Waals surface area contributed by atoms with Crippen LogP contribution in [-0.2, 0) is 4.79 Å². The predicted octanol–water partition coefficient (Wildman–Crippen LogP) is 3.99. The number of amides is 1. The highest BCUT2D eigenvalue weighted by Gasteiger charge is 2.25. The summed E-state index contributed by atoms with van der Waals surface area (Å²) >= 11 is 3.35. The van der Waals surface area contributed by atoms with Crippen LogP contribution in [0.5, 0.6) is 0 Å². The molecule has 124 valence electrons. The van der Waals surface area contributed by atoms with Crippen molar-refractivity contribution in [2.75, 3.05) is 18.8 Å². The number of carbonyl (C=O) groups is 1. The number of hydrogen-bond donors (Lipinski definition) is 0. The van der Waals surface area contributed by atoms with Crippen molar-refractivity contribution in [3.63, 3.8) is 0 Å². The molecular formula is C17H23N3OS2. The third-order valence-corrected chi connectivity index (χ3v) is 6.16. The number of rotatable bonds is 4. The fraction of sp³-hybridized carbons (Fsp3) is 0.588. The van der Waals surface area contributed by atoms with Crippen molar-refractivity contribution in [1.82, 2.24) is 14.9 Å². The van der Waals surface area contributed by atoms with E-state index in [1.54, 1.807) is 29.4 Å². The van der Waals surface area contributed by atoms with Crippen LogP contribution in [0, 0.1) is 18.8 Å². The highest BCUT2D eigenvalue weighted by molar-refractivity contribution is 7.99. The minimum atomic E-state index is 0.280. The van der Waals surface area contributed by atoms with Crippen molar-refractivity contribution < 1.29 is 4.79 Å². The zero-order valence-corrected chi connectivity index (χ0v) is 15.5. The molecule has 1 aliphatic rings. The summed E-state index contributed by atoms with van der Waals surface area (Å²) in [6.07, 6.45) is 3.43. The molecule has 3 heterocycles. The van der Waals surface area contributed by atoms with Crippen molar-refractivity contribution in [1.29, 1.82) is 0 Å². The third kappa shape index (κ3) is 4.04. The van der Waals surface area contributed by atoms with Gasteiger partial charge in [-0.1, -0.05) is 13.8 Å². The first-order valence-corrected chi connectivity index (χ1v) is 9.95. The number of hydrogen-bond acceptors (Lipinski definition) is 5. The molecule has 23 heavy (non-hydrogen) atoms. The van der Waals surface area contributed by atoms with Crippen molar-refractivity contribution in [3.05, 3.63) is 17.3 Å². The highest BCUT2D eigenvalue weighted by atomic mass is 32.2. The lowest BCUT2D eigenvalue weighted by Gasteiger charge is -2.35. The van der Waals surface area contributed by atoms with Gasteiger partial charge in [0.25, 0.3) is 0 Å². The topological polar surface area (TPSA) is 46.1 Å². The Morgan fingerprint density at radius 2 is 2.09 bits per heavy atom. The molecule has 0 N–H and O–H groups in total. The molecule has 1 saturated heterocycles. The van der Waals surface area contributed by atoms with Gasteiger partial charge in [-0.25, -0.2) is 9.97 Å². The van der Waals surface area contributed by atoms with E-state index >= 15 is 0 Å². The fourth-order valence-corrected chi connectivity index (χ4v) is 5.14. The summed E-state index contributed by atoms with van der Waals surface area (Å²) in [7, 11) is 0. The van der Waals surface area contributed by atoms with Crippen LogP contribution >= 0.6 is 23.1 Å². The average Bonchev–Trinajstić information content (AvgIpc) is 2.87. The van der Waals surface area contributed by atoms with E-state index in [1.807, 2.05) is 4.90 Å². The molecular weight excluding hydrogens is 326 g/mol. The van der Waals surface area contributed by atoms with Crippen LogP contribution in [0.25, 0.3) is 10.2 Å². The maximum Gasteiger partial charge on any atom is 0.223 e. The van der Waals surface area contributed by atoms with Gasteiger partial charge in [0, 0.05) is 35.5 Å². The standard InChI is InChI=1S/C17H23N3OS2/c1-11-6-12(2)9-20(8-11)15(21)4-5-22-16-14-7-13(3)23-17(14)19-10-18-16/h7,10-12H,4-6,8-9H2,1-3H3. The van der Waals surface area contributed by atoms with E-state index in [0.29, 0.717) is 18.3 Å². The largest absolute Gasteiger partial charge is 0.342 e. The quantitative estimate of drug-likeness (QED) is 0.618. The number of nitrogens with zero attached hydrogens (tertiary/aromatic N) is 3. The van der Waals surface area contributed by atoms with Crippen LogP contribution in [0.3, 0.4) is 0 Å². The van der Waals surface area contributed by atoms with Crippen LogP contribution in [0.4, 0.5) is 0 Å². The molecule has 6 heteroatoms. The fourth-order valence-electron chi connectivity index (χ4n) is 3.33. The molecule has 4 nitrogen and oxygen atoms in total. The molecule has 1 fully saturated rings. The van der Waals surface area contributed by atoms with Gasteiger partial charge in [0.1, 0.15) is 16.2 Å². The lowest BCUT2D eigenvalue weighted by atomic mass is 9.92. The summed E-state index contributed by atoms with van der Waals surface area (Å²) < 4.78 is 0. The van der Waals surface area contributed by atoms with Crippen LogP contribution in [0.1, 0.15) is 31.6 Å². The molecule has 2 aromatic heterocycles. The molecule has 0 saturated carbocycles. The molecule has 2 unspecified atom stereocenters. The second-order valence-electron chi connectivity index (χ2n) is 6.60. The van der Waals surface area contributed by atoms with Gasteiger partial charge in [0.15, 0.2) is 0 Å². The summed E-state index contributed by atoms with van der Waals surface area (Å²) in [4.78, 5) is 25.5. The number of carbonyl (C=O) groups excluding carboxylic acids is 1. The minimum absolute atomic E-state index is 0.280. The zero-order chi connectivity index (χ0) is 16.4. The van der Waals surface area contributed by atoms with E-state index in [0.717, 1.165) is 34.1 Å². The molecule has 3 rings (SSSR count). The van der Waals surface area contributed by atoms with Gasteiger partial charge >= 0.3 is 0 Å². The number of thiophene rings is 1. The Morgan fingerprint density at radius 3 is 2.83 bits per heavy atom. The number of fused-ring (bicyclic) bond motifs is 1. The molecule has 2 aromatic rings. The number of likely N-dealkylation sites (tertiary alicyclic amines) is 1. The summed E-state index contributed by atoms with van der Waals surface area (Å²) in [6.45, 7) is 8.38. The number of piperidine rings is 1. The Bertz CT molecular complexity index is 690. The number of aromatic nitrogens is 2. The monoisotopic (exact) mass is 349 g/mol. The lowest BCUT2D eigenvalue weighted by molar-refractivity contribution is -0.133. The first-order chi connectivity index (χ1) is 11.0. The van der Waals surface area contributed by atoms with E-state index in [1.165, 1.54) is 11.3 Å². The normalized spacial score (nSPS) is 21.8. The second kappa shape index (κ2) is 7.18. The summed E-state index contributed by atoms with van der Waals surface area (Å²) in [6, 6.07) is 2.14. The summed E-state index contributed by atoms with van der Waals surface area (Å²) in [5.74, 6) is 2.29. The molecule has 0 aromatic carbocycles. The molecule has 0 spiro atoms. The smallest absolute Gasteiger partial charge is 0.223 e. The lowest BCUT2D eigenvalue weighted by Crippen LogP contribution is -2.42. The Balaban J connectivity index is 1.57. The van der Waals surface area contributed by atoms with Gasteiger partial charge in [0.2, 0.25) is 5.91 Å².